The smallest absolute Gasteiger partial charge is 0.0570 e. The molecule has 1 rings (SSSR count). The van der Waals surface area contributed by atoms with E-state index in [4.69, 9.17) is 0 Å². The highest BCUT2D eigenvalue weighted by Gasteiger charge is 2.16. The molecule has 0 spiro atoms. The third kappa shape index (κ3) is 4.47. The Labute approximate surface area is 106 Å². The molecule has 0 aliphatic heterocycles. The molecule has 1 N–H and O–H groups in total. The van der Waals surface area contributed by atoms with Gasteiger partial charge in [0.1, 0.15) is 0 Å². The number of hydrogen-bond acceptors (Lipinski definition) is 2. The van der Waals surface area contributed by atoms with Gasteiger partial charge in [-0.2, -0.15) is 0 Å². The maximum absolute atomic E-state index is 4.40. The van der Waals surface area contributed by atoms with Crippen molar-refractivity contribution in [3.63, 3.8) is 0 Å². The van der Waals surface area contributed by atoms with Crippen LogP contribution in [0.15, 0.2) is 18.3 Å². The Morgan fingerprint density at radius 1 is 1.18 bits per heavy atom. The minimum absolute atomic E-state index is 0.729. The Balaban J connectivity index is 2.44. The van der Waals surface area contributed by atoms with Gasteiger partial charge in [-0.15, -0.1) is 0 Å². The lowest BCUT2D eigenvalue weighted by atomic mass is 9.85. The predicted octanol–water partition coefficient (Wildman–Crippen LogP) is 3.41. The lowest BCUT2D eigenvalue weighted by Gasteiger charge is -2.25. The van der Waals surface area contributed by atoms with Crippen molar-refractivity contribution in [2.24, 2.45) is 17.8 Å². The van der Waals surface area contributed by atoms with E-state index in [1.54, 1.807) is 0 Å². The summed E-state index contributed by atoms with van der Waals surface area (Å²) in [6, 6.07) is 4.11. The van der Waals surface area contributed by atoms with Crippen molar-refractivity contribution in [3.05, 3.63) is 29.6 Å². The highest BCUT2D eigenvalue weighted by atomic mass is 14.9. The fraction of sp³-hybridized carbons (Fsp3) is 0.667. The Bertz CT molecular complexity index is 323. The second kappa shape index (κ2) is 6.75. The maximum Gasteiger partial charge on any atom is 0.0570 e. The number of pyridine rings is 1. The number of aromatic nitrogens is 1. The van der Waals surface area contributed by atoms with Crippen LogP contribution < -0.4 is 5.32 Å². The van der Waals surface area contributed by atoms with Gasteiger partial charge in [0.15, 0.2) is 0 Å². The molecule has 0 unspecified atom stereocenters. The summed E-state index contributed by atoms with van der Waals surface area (Å²) >= 11 is 0. The molecule has 1 heterocycles. The van der Waals surface area contributed by atoms with E-state index in [1.165, 1.54) is 11.3 Å². The molecule has 0 bridgehead atoms. The van der Waals surface area contributed by atoms with E-state index in [0.717, 1.165) is 30.8 Å². The standard InChI is InChI=1S/C15H26N2/c1-11(2)14(12(3)4)9-16-10-15-13(5)7-6-8-17-15/h6-8,11-12,14,16H,9-10H2,1-5H3. The molecule has 0 amide bonds. The number of nitrogens with one attached hydrogen (secondary N) is 1. The van der Waals surface area contributed by atoms with Crippen LogP contribution in [0.25, 0.3) is 0 Å². The van der Waals surface area contributed by atoms with Crippen LogP contribution in [-0.2, 0) is 6.54 Å². The van der Waals surface area contributed by atoms with Crippen LogP contribution in [0.2, 0.25) is 0 Å². The van der Waals surface area contributed by atoms with Crippen molar-refractivity contribution < 1.29 is 0 Å². The monoisotopic (exact) mass is 234 g/mol. The molecule has 0 aromatic carbocycles. The van der Waals surface area contributed by atoms with Gasteiger partial charge in [-0.05, 0) is 42.9 Å². The van der Waals surface area contributed by atoms with Gasteiger partial charge in [0.2, 0.25) is 0 Å². The molecule has 2 heteroatoms. The Kier molecular flexibility index (Phi) is 5.63. The van der Waals surface area contributed by atoms with Crippen LogP contribution in [-0.4, -0.2) is 11.5 Å². The second-order valence-corrected chi connectivity index (χ2v) is 5.55. The van der Waals surface area contributed by atoms with E-state index in [1.807, 2.05) is 12.3 Å². The summed E-state index contributed by atoms with van der Waals surface area (Å²) in [6.45, 7) is 13.3. The van der Waals surface area contributed by atoms with E-state index < -0.39 is 0 Å². The van der Waals surface area contributed by atoms with Crippen molar-refractivity contribution in [1.29, 1.82) is 0 Å². The first-order valence-corrected chi connectivity index (χ1v) is 6.63. The average molecular weight is 234 g/mol. The fourth-order valence-electron chi connectivity index (χ4n) is 2.30. The zero-order valence-corrected chi connectivity index (χ0v) is 11.8. The lowest BCUT2D eigenvalue weighted by Crippen LogP contribution is -2.29. The highest BCUT2D eigenvalue weighted by Crippen LogP contribution is 2.19. The van der Waals surface area contributed by atoms with E-state index in [2.05, 4.69) is 51.0 Å². The van der Waals surface area contributed by atoms with Crippen LogP contribution in [0.5, 0.6) is 0 Å². The van der Waals surface area contributed by atoms with E-state index in [0.29, 0.717) is 0 Å². The number of rotatable bonds is 6. The quantitative estimate of drug-likeness (QED) is 0.816. The normalized spacial score (nSPS) is 11.8. The molecule has 0 aliphatic carbocycles. The molecule has 2 nitrogen and oxygen atoms in total. The number of hydrogen-bond donors (Lipinski definition) is 1. The van der Waals surface area contributed by atoms with E-state index in [9.17, 15) is 0 Å². The minimum Gasteiger partial charge on any atom is -0.311 e. The number of nitrogens with zero attached hydrogens (tertiary/aromatic N) is 1. The van der Waals surface area contributed by atoms with Gasteiger partial charge in [0.05, 0.1) is 5.69 Å². The van der Waals surface area contributed by atoms with Crippen LogP contribution in [0, 0.1) is 24.7 Å². The molecule has 1 aromatic rings. The number of aryl methyl sites for hydroxylation is 1. The molecular formula is C15H26N2. The van der Waals surface area contributed by atoms with Gasteiger partial charge >= 0.3 is 0 Å². The van der Waals surface area contributed by atoms with Crippen molar-refractivity contribution in [2.45, 2.75) is 41.2 Å². The molecule has 0 aliphatic rings. The van der Waals surface area contributed by atoms with Crippen LogP contribution >= 0.6 is 0 Å². The summed E-state index contributed by atoms with van der Waals surface area (Å²) in [4.78, 5) is 4.40. The molecule has 0 saturated carbocycles. The van der Waals surface area contributed by atoms with Crippen molar-refractivity contribution in [1.82, 2.24) is 10.3 Å². The average Bonchev–Trinajstić information content (AvgIpc) is 2.25. The van der Waals surface area contributed by atoms with Gasteiger partial charge in [-0.1, -0.05) is 33.8 Å². The fourth-order valence-corrected chi connectivity index (χ4v) is 2.30. The van der Waals surface area contributed by atoms with Crippen LogP contribution in [0.1, 0.15) is 39.0 Å². The lowest BCUT2D eigenvalue weighted by molar-refractivity contribution is 0.275. The first-order chi connectivity index (χ1) is 8.02. The zero-order chi connectivity index (χ0) is 12.8. The molecular weight excluding hydrogens is 208 g/mol. The molecule has 0 radical (unpaired) electrons. The Hall–Kier alpha value is -0.890. The summed E-state index contributed by atoms with van der Waals surface area (Å²) in [5.41, 5.74) is 2.43. The second-order valence-electron chi connectivity index (χ2n) is 5.55. The molecule has 0 saturated heterocycles. The highest BCUT2D eigenvalue weighted by molar-refractivity contribution is 5.17. The maximum atomic E-state index is 4.40. The van der Waals surface area contributed by atoms with Crippen LogP contribution in [0.3, 0.4) is 0 Å². The minimum atomic E-state index is 0.729. The van der Waals surface area contributed by atoms with Crippen molar-refractivity contribution in [3.8, 4) is 0 Å². The van der Waals surface area contributed by atoms with Gasteiger partial charge in [0.25, 0.3) is 0 Å². The summed E-state index contributed by atoms with van der Waals surface area (Å²) < 4.78 is 0. The molecule has 1 aromatic heterocycles. The van der Waals surface area contributed by atoms with Gasteiger partial charge in [-0.3, -0.25) is 4.98 Å². The van der Waals surface area contributed by atoms with Gasteiger partial charge in [-0.25, -0.2) is 0 Å². The van der Waals surface area contributed by atoms with E-state index in [-0.39, 0.29) is 0 Å². The first kappa shape index (κ1) is 14.2. The zero-order valence-electron chi connectivity index (χ0n) is 11.8. The third-order valence-electron chi connectivity index (χ3n) is 3.50. The van der Waals surface area contributed by atoms with Crippen molar-refractivity contribution >= 4 is 0 Å². The topological polar surface area (TPSA) is 24.9 Å². The Morgan fingerprint density at radius 3 is 2.35 bits per heavy atom. The molecule has 17 heavy (non-hydrogen) atoms. The summed E-state index contributed by atoms with van der Waals surface area (Å²) in [6.07, 6.45) is 1.87. The van der Waals surface area contributed by atoms with Gasteiger partial charge < -0.3 is 5.32 Å². The largest absolute Gasteiger partial charge is 0.311 e. The summed E-state index contributed by atoms with van der Waals surface area (Å²) in [5.74, 6) is 2.19. The van der Waals surface area contributed by atoms with Gasteiger partial charge in [0, 0.05) is 12.7 Å². The predicted molar refractivity (Wildman–Crippen MR) is 73.8 cm³/mol. The summed E-state index contributed by atoms with van der Waals surface area (Å²) in [5, 5.41) is 3.54. The van der Waals surface area contributed by atoms with Crippen LogP contribution in [0.4, 0.5) is 0 Å². The SMILES string of the molecule is Cc1cccnc1CNCC(C(C)C)C(C)C. The molecule has 96 valence electrons. The molecule has 0 atom stereocenters. The Morgan fingerprint density at radius 2 is 1.82 bits per heavy atom. The molecule has 0 fully saturated rings. The first-order valence-electron chi connectivity index (χ1n) is 6.63. The summed E-state index contributed by atoms with van der Waals surface area (Å²) in [7, 11) is 0. The third-order valence-corrected chi connectivity index (χ3v) is 3.50. The van der Waals surface area contributed by atoms with E-state index >= 15 is 0 Å². The van der Waals surface area contributed by atoms with Crippen molar-refractivity contribution in [2.75, 3.05) is 6.54 Å².